The Morgan fingerprint density at radius 3 is 2.69 bits per heavy atom. The number of aromatic nitrogens is 3. The Hall–Kier alpha value is -1.97. The van der Waals surface area contributed by atoms with Crippen LogP contribution in [0.1, 0.15) is 18.4 Å². The zero-order valence-corrected chi connectivity index (χ0v) is 9.44. The van der Waals surface area contributed by atoms with Gasteiger partial charge in [-0.1, -0.05) is 6.92 Å². The minimum absolute atomic E-state index is 0.519. The van der Waals surface area contributed by atoms with E-state index in [9.17, 15) is 0 Å². The number of pyridine rings is 1. The Morgan fingerprint density at radius 2 is 2.06 bits per heavy atom. The SMILES string of the molecule is CCc1nc(C)cc(-c2ccc(N)nc2)n1. The molecule has 2 aromatic heterocycles. The highest BCUT2D eigenvalue weighted by Crippen LogP contribution is 2.17. The predicted molar refractivity (Wildman–Crippen MR) is 63.8 cm³/mol. The van der Waals surface area contributed by atoms with Crippen LogP contribution >= 0.6 is 0 Å². The van der Waals surface area contributed by atoms with E-state index >= 15 is 0 Å². The van der Waals surface area contributed by atoms with E-state index in [1.54, 1.807) is 12.3 Å². The van der Waals surface area contributed by atoms with Crippen LogP contribution in [0.3, 0.4) is 0 Å². The smallest absolute Gasteiger partial charge is 0.128 e. The molecule has 2 aromatic rings. The van der Waals surface area contributed by atoms with Gasteiger partial charge in [0.05, 0.1) is 5.69 Å². The van der Waals surface area contributed by atoms with Crippen molar-refractivity contribution in [2.24, 2.45) is 0 Å². The summed E-state index contributed by atoms with van der Waals surface area (Å²) in [5.74, 6) is 1.37. The second-order valence-corrected chi connectivity index (χ2v) is 3.64. The predicted octanol–water partition coefficient (Wildman–Crippen LogP) is 1.99. The Bertz CT molecular complexity index is 491. The molecule has 0 radical (unpaired) electrons. The summed E-state index contributed by atoms with van der Waals surface area (Å²) in [7, 11) is 0. The minimum atomic E-state index is 0.519. The minimum Gasteiger partial charge on any atom is -0.384 e. The maximum absolute atomic E-state index is 5.55. The molecule has 0 aromatic carbocycles. The third-order valence-corrected chi connectivity index (χ3v) is 2.30. The average Bonchev–Trinajstić information content (AvgIpc) is 2.29. The summed E-state index contributed by atoms with van der Waals surface area (Å²) in [5, 5.41) is 0. The second kappa shape index (κ2) is 4.26. The molecular weight excluding hydrogens is 200 g/mol. The fourth-order valence-electron chi connectivity index (χ4n) is 1.49. The molecule has 0 saturated carbocycles. The first-order valence-electron chi connectivity index (χ1n) is 5.25. The van der Waals surface area contributed by atoms with Crippen LogP contribution in [0.25, 0.3) is 11.3 Å². The summed E-state index contributed by atoms with van der Waals surface area (Å²) >= 11 is 0. The fraction of sp³-hybridized carbons (Fsp3) is 0.250. The van der Waals surface area contributed by atoms with E-state index in [1.807, 2.05) is 26.0 Å². The van der Waals surface area contributed by atoms with Crippen LogP contribution in [0.2, 0.25) is 0 Å². The maximum atomic E-state index is 5.55. The Morgan fingerprint density at radius 1 is 1.25 bits per heavy atom. The Kier molecular flexibility index (Phi) is 2.81. The van der Waals surface area contributed by atoms with Gasteiger partial charge in [-0.05, 0) is 25.1 Å². The molecule has 2 heterocycles. The van der Waals surface area contributed by atoms with Crippen molar-refractivity contribution in [3.8, 4) is 11.3 Å². The largest absolute Gasteiger partial charge is 0.384 e. The third kappa shape index (κ3) is 2.16. The van der Waals surface area contributed by atoms with Crippen LogP contribution in [-0.2, 0) is 6.42 Å². The highest BCUT2D eigenvalue weighted by Gasteiger charge is 2.03. The molecule has 0 saturated heterocycles. The summed E-state index contributed by atoms with van der Waals surface area (Å²) in [5.41, 5.74) is 8.38. The van der Waals surface area contributed by atoms with Crippen LogP contribution in [-0.4, -0.2) is 15.0 Å². The molecule has 0 amide bonds. The number of nitrogens with two attached hydrogens (primary N) is 1. The van der Waals surface area contributed by atoms with Gasteiger partial charge in [0.2, 0.25) is 0 Å². The van der Waals surface area contributed by atoms with Gasteiger partial charge in [-0.25, -0.2) is 15.0 Å². The van der Waals surface area contributed by atoms with Crippen molar-refractivity contribution in [2.75, 3.05) is 5.73 Å². The zero-order chi connectivity index (χ0) is 11.5. The zero-order valence-electron chi connectivity index (χ0n) is 9.44. The summed E-state index contributed by atoms with van der Waals surface area (Å²) in [4.78, 5) is 12.9. The molecule has 4 nitrogen and oxygen atoms in total. The quantitative estimate of drug-likeness (QED) is 0.830. The molecule has 2 rings (SSSR count). The van der Waals surface area contributed by atoms with Gasteiger partial charge < -0.3 is 5.73 Å². The van der Waals surface area contributed by atoms with Crippen molar-refractivity contribution in [1.29, 1.82) is 0 Å². The number of nitrogen functional groups attached to an aromatic ring is 1. The van der Waals surface area contributed by atoms with Crippen molar-refractivity contribution >= 4 is 5.82 Å². The van der Waals surface area contributed by atoms with Gasteiger partial charge in [-0.15, -0.1) is 0 Å². The van der Waals surface area contributed by atoms with E-state index in [0.717, 1.165) is 29.2 Å². The Labute approximate surface area is 94.6 Å². The van der Waals surface area contributed by atoms with Gasteiger partial charge in [-0.2, -0.15) is 0 Å². The lowest BCUT2D eigenvalue weighted by molar-refractivity contribution is 0.921. The molecule has 0 atom stereocenters. The van der Waals surface area contributed by atoms with E-state index in [0.29, 0.717) is 5.82 Å². The lowest BCUT2D eigenvalue weighted by Gasteiger charge is -2.04. The molecule has 0 spiro atoms. The average molecular weight is 214 g/mol. The van der Waals surface area contributed by atoms with Gasteiger partial charge in [0.25, 0.3) is 0 Å². The van der Waals surface area contributed by atoms with E-state index < -0.39 is 0 Å². The van der Waals surface area contributed by atoms with Crippen LogP contribution in [0.15, 0.2) is 24.4 Å². The Balaban J connectivity index is 2.47. The van der Waals surface area contributed by atoms with Crippen LogP contribution in [0.5, 0.6) is 0 Å². The highest BCUT2D eigenvalue weighted by atomic mass is 14.9. The molecule has 16 heavy (non-hydrogen) atoms. The standard InChI is InChI=1S/C12H14N4/c1-3-12-15-8(2)6-10(16-12)9-4-5-11(13)14-7-9/h4-7H,3H2,1-2H3,(H2,13,14). The van der Waals surface area contributed by atoms with E-state index in [1.165, 1.54) is 0 Å². The normalized spacial score (nSPS) is 10.4. The lowest BCUT2D eigenvalue weighted by Crippen LogP contribution is -1.98. The van der Waals surface area contributed by atoms with Crippen molar-refractivity contribution in [2.45, 2.75) is 20.3 Å². The molecule has 0 fully saturated rings. The number of rotatable bonds is 2. The summed E-state index contributed by atoms with van der Waals surface area (Å²) in [6.07, 6.45) is 2.56. The molecule has 0 aliphatic rings. The highest BCUT2D eigenvalue weighted by molar-refractivity contribution is 5.59. The molecule has 4 heteroatoms. The van der Waals surface area contributed by atoms with Crippen LogP contribution < -0.4 is 5.73 Å². The maximum Gasteiger partial charge on any atom is 0.128 e. The van der Waals surface area contributed by atoms with Crippen molar-refractivity contribution < 1.29 is 0 Å². The summed E-state index contributed by atoms with van der Waals surface area (Å²) in [6, 6.07) is 5.65. The van der Waals surface area contributed by atoms with Crippen molar-refractivity contribution in [3.63, 3.8) is 0 Å². The molecule has 0 bridgehead atoms. The van der Waals surface area contributed by atoms with Crippen molar-refractivity contribution in [3.05, 3.63) is 35.9 Å². The van der Waals surface area contributed by atoms with Gasteiger partial charge in [-0.3, -0.25) is 0 Å². The topological polar surface area (TPSA) is 64.7 Å². The number of aryl methyl sites for hydroxylation is 2. The first kappa shape index (κ1) is 10.5. The van der Waals surface area contributed by atoms with Gasteiger partial charge in [0, 0.05) is 23.9 Å². The number of hydrogen-bond acceptors (Lipinski definition) is 4. The molecule has 0 aliphatic heterocycles. The monoisotopic (exact) mass is 214 g/mol. The molecule has 2 N–H and O–H groups in total. The van der Waals surface area contributed by atoms with Gasteiger partial charge in [0.1, 0.15) is 11.6 Å². The molecule has 82 valence electrons. The van der Waals surface area contributed by atoms with E-state index in [2.05, 4.69) is 15.0 Å². The first-order chi connectivity index (χ1) is 7.69. The number of hydrogen-bond donors (Lipinski definition) is 1. The van der Waals surface area contributed by atoms with Crippen molar-refractivity contribution in [1.82, 2.24) is 15.0 Å². The lowest BCUT2D eigenvalue weighted by atomic mass is 10.2. The van der Waals surface area contributed by atoms with Crippen LogP contribution in [0.4, 0.5) is 5.82 Å². The fourth-order valence-corrected chi connectivity index (χ4v) is 1.49. The third-order valence-electron chi connectivity index (χ3n) is 2.30. The summed E-state index contributed by atoms with van der Waals surface area (Å²) in [6.45, 7) is 4.01. The summed E-state index contributed by atoms with van der Waals surface area (Å²) < 4.78 is 0. The molecular formula is C12H14N4. The second-order valence-electron chi connectivity index (χ2n) is 3.64. The van der Waals surface area contributed by atoms with Gasteiger partial charge in [0.15, 0.2) is 0 Å². The van der Waals surface area contributed by atoms with E-state index in [4.69, 9.17) is 5.73 Å². The number of nitrogens with zero attached hydrogens (tertiary/aromatic N) is 3. The first-order valence-corrected chi connectivity index (χ1v) is 5.25. The van der Waals surface area contributed by atoms with Gasteiger partial charge >= 0.3 is 0 Å². The molecule has 0 unspecified atom stereocenters. The molecule has 0 aliphatic carbocycles. The number of anilines is 1. The van der Waals surface area contributed by atoms with Crippen LogP contribution in [0, 0.1) is 6.92 Å². The van der Waals surface area contributed by atoms with E-state index in [-0.39, 0.29) is 0 Å².